The van der Waals surface area contributed by atoms with Gasteiger partial charge in [-0.2, -0.15) is 0 Å². The number of aromatic nitrogens is 1. The van der Waals surface area contributed by atoms with Crippen LogP contribution >= 0.6 is 0 Å². The maximum absolute atomic E-state index is 13.0. The Kier molecular flexibility index (Phi) is 8.59. The maximum Gasteiger partial charge on any atom is 0.273 e. The number of rotatable bonds is 9. The van der Waals surface area contributed by atoms with E-state index in [-0.39, 0.29) is 11.9 Å². The Hall–Kier alpha value is -3.12. The van der Waals surface area contributed by atoms with Crippen molar-refractivity contribution in [1.29, 1.82) is 0 Å². The van der Waals surface area contributed by atoms with Gasteiger partial charge in [-0.25, -0.2) is 0 Å². The highest BCUT2D eigenvalue weighted by Crippen LogP contribution is 2.26. The molecule has 1 aliphatic heterocycles. The third-order valence-corrected chi connectivity index (χ3v) is 6.46. The quantitative estimate of drug-likeness (QED) is 0.409. The molecule has 0 saturated carbocycles. The van der Waals surface area contributed by atoms with Crippen LogP contribution in [0.25, 0.3) is 11.3 Å². The number of carbonyl (C=O) groups excluding carboxylic acids is 1. The van der Waals surface area contributed by atoms with E-state index in [1.165, 1.54) is 36.8 Å². The molecule has 3 aromatic rings. The van der Waals surface area contributed by atoms with Gasteiger partial charge in [0.05, 0.1) is 12.6 Å². The molecule has 0 spiro atoms. The van der Waals surface area contributed by atoms with Crippen molar-refractivity contribution in [2.45, 2.75) is 52.5 Å². The number of hydrogen-bond acceptors (Lipinski definition) is 5. The van der Waals surface area contributed by atoms with Gasteiger partial charge < -0.3 is 14.6 Å². The number of benzene rings is 2. The van der Waals surface area contributed by atoms with Gasteiger partial charge in [-0.05, 0) is 68.6 Å². The van der Waals surface area contributed by atoms with Gasteiger partial charge in [0.1, 0.15) is 5.75 Å². The summed E-state index contributed by atoms with van der Waals surface area (Å²) >= 11 is 0. The highest BCUT2D eigenvalue weighted by Gasteiger charge is 2.23. The molecule has 0 unspecified atom stereocenters. The molecule has 0 bridgehead atoms. The molecule has 4 rings (SSSR count). The fourth-order valence-corrected chi connectivity index (χ4v) is 4.43. The molecule has 35 heavy (non-hydrogen) atoms. The lowest BCUT2D eigenvalue weighted by atomic mass is 10.0. The Morgan fingerprint density at radius 3 is 2.37 bits per heavy atom. The average molecular weight is 476 g/mol. The van der Waals surface area contributed by atoms with Crippen LogP contribution in [-0.4, -0.2) is 42.2 Å². The summed E-state index contributed by atoms with van der Waals surface area (Å²) in [5, 5.41) is 7.14. The molecular formula is C29H37N3O3. The van der Waals surface area contributed by atoms with Crippen LogP contribution in [0.2, 0.25) is 0 Å². The van der Waals surface area contributed by atoms with E-state index in [1.54, 1.807) is 6.07 Å². The topological polar surface area (TPSA) is 67.6 Å². The van der Waals surface area contributed by atoms with Crippen molar-refractivity contribution in [2.24, 2.45) is 5.92 Å². The molecule has 1 aromatic heterocycles. The maximum atomic E-state index is 13.0. The molecule has 1 fully saturated rings. The molecule has 0 radical (unpaired) electrons. The van der Waals surface area contributed by atoms with Crippen molar-refractivity contribution >= 4 is 5.91 Å². The summed E-state index contributed by atoms with van der Waals surface area (Å²) in [5.41, 5.74) is 3.62. The summed E-state index contributed by atoms with van der Waals surface area (Å²) in [6, 6.07) is 18.2. The minimum Gasteiger partial charge on any atom is -0.493 e. The standard InChI is InChI=1S/C29H37N3O3/c1-21(2)20-34-25-14-12-24(13-15-25)28-18-26(31-35-28)29(33)30-19-27(23-10-8-22(3)9-11-23)32-16-6-4-5-7-17-32/h8-15,18,21,27H,4-7,16-17,19-20H2,1-3H3,(H,30,33)/t27-/m1/s1. The Balaban J connectivity index is 1.41. The Morgan fingerprint density at radius 2 is 1.71 bits per heavy atom. The number of aryl methyl sites for hydroxylation is 1. The van der Waals surface area contributed by atoms with Crippen LogP contribution in [0.1, 0.15) is 67.2 Å². The van der Waals surface area contributed by atoms with Gasteiger partial charge in [-0.3, -0.25) is 9.69 Å². The van der Waals surface area contributed by atoms with E-state index in [9.17, 15) is 4.79 Å². The molecular weight excluding hydrogens is 438 g/mol. The fourth-order valence-electron chi connectivity index (χ4n) is 4.43. The average Bonchev–Trinajstić information content (AvgIpc) is 3.21. The van der Waals surface area contributed by atoms with Gasteiger partial charge in [0.2, 0.25) is 0 Å². The highest BCUT2D eigenvalue weighted by atomic mass is 16.5. The zero-order valence-corrected chi connectivity index (χ0v) is 21.1. The van der Waals surface area contributed by atoms with E-state index in [0.29, 0.717) is 30.5 Å². The summed E-state index contributed by atoms with van der Waals surface area (Å²) < 4.78 is 11.2. The molecule has 1 N–H and O–H groups in total. The van der Waals surface area contributed by atoms with Gasteiger partial charge >= 0.3 is 0 Å². The number of carbonyl (C=O) groups is 1. The lowest BCUT2D eigenvalue weighted by Crippen LogP contribution is -2.38. The van der Waals surface area contributed by atoms with Gasteiger partial charge in [0, 0.05) is 18.2 Å². The molecule has 1 aliphatic rings. The molecule has 1 amide bonds. The van der Waals surface area contributed by atoms with Gasteiger partial charge in [0.25, 0.3) is 5.91 Å². The number of likely N-dealkylation sites (tertiary alicyclic amines) is 1. The van der Waals surface area contributed by atoms with Crippen molar-refractivity contribution in [3.8, 4) is 17.1 Å². The zero-order valence-electron chi connectivity index (χ0n) is 21.1. The SMILES string of the molecule is Cc1ccc([C@@H](CNC(=O)c2cc(-c3ccc(OCC(C)C)cc3)on2)N2CCCCCC2)cc1. The smallest absolute Gasteiger partial charge is 0.273 e. The first-order valence-corrected chi connectivity index (χ1v) is 12.8. The van der Waals surface area contributed by atoms with Crippen LogP contribution in [0.4, 0.5) is 0 Å². The first-order chi connectivity index (χ1) is 17.0. The van der Waals surface area contributed by atoms with Gasteiger partial charge in [-0.1, -0.05) is 61.7 Å². The van der Waals surface area contributed by atoms with Crippen LogP contribution in [0, 0.1) is 12.8 Å². The summed E-state index contributed by atoms with van der Waals surface area (Å²) in [7, 11) is 0. The lowest BCUT2D eigenvalue weighted by molar-refractivity contribution is 0.0924. The molecule has 6 heteroatoms. The van der Waals surface area contributed by atoms with Gasteiger partial charge in [-0.15, -0.1) is 0 Å². The Morgan fingerprint density at radius 1 is 1.03 bits per heavy atom. The molecule has 6 nitrogen and oxygen atoms in total. The van der Waals surface area contributed by atoms with E-state index >= 15 is 0 Å². The lowest BCUT2D eigenvalue weighted by Gasteiger charge is -2.31. The van der Waals surface area contributed by atoms with E-state index in [1.807, 2.05) is 24.3 Å². The normalized spacial score (nSPS) is 15.5. The Labute approximate surface area is 208 Å². The van der Waals surface area contributed by atoms with Crippen LogP contribution in [0.5, 0.6) is 5.75 Å². The van der Waals surface area contributed by atoms with Crippen molar-refractivity contribution < 1.29 is 14.1 Å². The van der Waals surface area contributed by atoms with E-state index < -0.39 is 0 Å². The largest absolute Gasteiger partial charge is 0.493 e. The third-order valence-electron chi connectivity index (χ3n) is 6.46. The molecule has 186 valence electrons. The molecule has 2 aromatic carbocycles. The van der Waals surface area contributed by atoms with E-state index in [2.05, 4.69) is 60.4 Å². The summed E-state index contributed by atoms with van der Waals surface area (Å²) in [6.07, 6.45) is 4.94. The number of nitrogens with one attached hydrogen (secondary N) is 1. The van der Waals surface area contributed by atoms with Crippen molar-refractivity contribution in [2.75, 3.05) is 26.2 Å². The molecule has 1 atom stereocenters. The molecule has 2 heterocycles. The van der Waals surface area contributed by atoms with E-state index in [4.69, 9.17) is 9.26 Å². The second kappa shape index (κ2) is 12.0. The van der Waals surface area contributed by atoms with Crippen LogP contribution < -0.4 is 10.1 Å². The summed E-state index contributed by atoms with van der Waals surface area (Å²) in [6.45, 7) is 9.65. The molecule has 0 aliphatic carbocycles. The second-order valence-electron chi connectivity index (χ2n) is 9.89. The Bertz CT molecular complexity index is 1070. The number of ether oxygens (including phenoxy) is 1. The number of amides is 1. The summed E-state index contributed by atoms with van der Waals surface area (Å²) in [5.74, 6) is 1.63. The van der Waals surface area contributed by atoms with Crippen molar-refractivity contribution in [1.82, 2.24) is 15.4 Å². The first kappa shape index (κ1) is 25.0. The highest BCUT2D eigenvalue weighted by molar-refractivity contribution is 5.93. The first-order valence-electron chi connectivity index (χ1n) is 12.8. The molecule has 1 saturated heterocycles. The fraction of sp³-hybridized carbons (Fsp3) is 0.448. The van der Waals surface area contributed by atoms with Gasteiger partial charge in [0.15, 0.2) is 11.5 Å². The predicted molar refractivity (Wildman–Crippen MR) is 139 cm³/mol. The van der Waals surface area contributed by atoms with Crippen molar-refractivity contribution in [3.05, 3.63) is 71.4 Å². The second-order valence-corrected chi connectivity index (χ2v) is 9.89. The van der Waals surface area contributed by atoms with Crippen molar-refractivity contribution in [3.63, 3.8) is 0 Å². The third kappa shape index (κ3) is 6.95. The zero-order chi connectivity index (χ0) is 24.6. The van der Waals surface area contributed by atoms with Crippen LogP contribution in [0.3, 0.4) is 0 Å². The monoisotopic (exact) mass is 475 g/mol. The number of hydrogen-bond donors (Lipinski definition) is 1. The summed E-state index contributed by atoms with van der Waals surface area (Å²) in [4.78, 5) is 15.5. The minimum atomic E-state index is -0.219. The predicted octanol–water partition coefficient (Wildman–Crippen LogP) is 6.03. The minimum absolute atomic E-state index is 0.141. The van der Waals surface area contributed by atoms with Crippen LogP contribution in [-0.2, 0) is 0 Å². The number of nitrogens with zero attached hydrogens (tertiary/aromatic N) is 2. The van der Waals surface area contributed by atoms with E-state index in [0.717, 1.165) is 24.4 Å². The van der Waals surface area contributed by atoms with Crippen LogP contribution in [0.15, 0.2) is 59.1 Å².